The van der Waals surface area contributed by atoms with Crippen LogP contribution in [-0.2, 0) is 26.1 Å². The Balaban J connectivity index is 1.56. The third-order valence-corrected chi connectivity index (χ3v) is 6.21. The first kappa shape index (κ1) is 23.7. The number of ether oxygens (including phenoxy) is 2. The molecule has 1 aliphatic rings. The fraction of sp³-hybridized carbons (Fsp3) is 0.241. The van der Waals surface area contributed by atoms with Crippen molar-refractivity contribution < 1.29 is 18.3 Å². The molecule has 0 saturated heterocycles. The molecule has 3 heterocycles. The molecule has 184 valence electrons. The van der Waals surface area contributed by atoms with Gasteiger partial charge in [-0.1, -0.05) is 36.4 Å². The number of rotatable bonds is 8. The average molecular weight is 488 g/mol. The maximum Gasteiger partial charge on any atom is 0.272 e. The lowest BCUT2D eigenvalue weighted by Crippen LogP contribution is -2.28. The van der Waals surface area contributed by atoms with Crippen molar-refractivity contribution in [3.63, 3.8) is 0 Å². The van der Waals surface area contributed by atoms with Crippen molar-refractivity contribution in [2.75, 3.05) is 6.61 Å². The van der Waals surface area contributed by atoms with Gasteiger partial charge in [-0.3, -0.25) is 9.98 Å². The third kappa shape index (κ3) is 5.30. The van der Waals surface area contributed by atoms with E-state index in [0.29, 0.717) is 25.4 Å². The van der Waals surface area contributed by atoms with Crippen LogP contribution in [-0.4, -0.2) is 22.6 Å². The summed E-state index contributed by atoms with van der Waals surface area (Å²) in [5, 5.41) is 0. The number of aryl methyl sites for hydroxylation is 1. The summed E-state index contributed by atoms with van der Waals surface area (Å²) < 4.78 is 39.0. The molecule has 0 saturated carbocycles. The van der Waals surface area contributed by atoms with Crippen molar-refractivity contribution in [2.24, 2.45) is 4.99 Å². The molecule has 2 aromatic heterocycles. The Hall–Kier alpha value is -4.00. The van der Waals surface area contributed by atoms with Gasteiger partial charge >= 0.3 is 0 Å². The van der Waals surface area contributed by atoms with Gasteiger partial charge in [0.05, 0.1) is 17.9 Å². The van der Waals surface area contributed by atoms with Gasteiger partial charge in [0, 0.05) is 29.9 Å². The molecule has 7 heteroatoms. The highest BCUT2D eigenvalue weighted by atomic mass is 19.3. The number of benzene rings is 2. The highest BCUT2D eigenvalue weighted by molar-refractivity contribution is 5.71. The summed E-state index contributed by atoms with van der Waals surface area (Å²) in [7, 11) is 0. The summed E-state index contributed by atoms with van der Waals surface area (Å²) in [6, 6.07) is 23.4. The van der Waals surface area contributed by atoms with Crippen LogP contribution in [0.4, 0.5) is 8.78 Å². The minimum atomic E-state index is -2.51. The largest absolute Gasteiger partial charge is 0.488 e. The lowest BCUT2D eigenvalue weighted by Gasteiger charge is -2.26. The Bertz CT molecular complexity index is 1400. The number of hydrogen-bond acceptors (Lipinski definition) is 4. The van der Waals surface area contributed by atoms with Gasteiger partial charge in [0.1, 0.15) is 30.2 Å². The lowest BCUT2D eigenvalue weighted by atomic mass is 9.94. The summed E-state index contributed by atoms with van der Waals surface area (Å²) in [5.41, 5.74) is 6.88. The Morgan fingerprint density at radius 3 is 2.61 bits per heavy atom. The van der Waals surface area contributed by atoms with E-state index in [0.717, 1.165) is 51.3 Å². The van der Waals surface area contributed by atoms with Gasteiger partial charge in [0.15, 0.2) is 0 Å². The zero-order valence-corrected chi connectivity index (χ0v) is 20.0. The second kappa shape index (κ2) is 10.7. The second-order valence-corrected chi connectivity index (χ2v) is 8.67. The molecule has 4 aromatic rings. The molecule has 36 heavy (non-hydrogen) atoms. The molecule has 0 radical (unpaired) electrons. The molecule has 0 spiro atoms. The number of pyridine rings is 2. The van der Waals surface area contributed by atoms with Crippen LogP contribution in [0.3, 0.4) is 0 Å². The summed E-state index contributed by atoms with van der Waals surface area (Å²) >= 11 is 0. The standard InChI is InChI=1S/C29H27F2N3O2/c1-20-26(36-18-21-7-3-2-4-8-21)16-28(33-17-23-9-5-6-13-32-23)34-14-12-22-15-24(35-19-27(30)31)10-11-25(22)29(20)34/h2-11,13,15-16,27H,12,14,17-19H2,1H3. The van der Waals surface area contributed by atoms with E-state index in [-0.39, 0.29) is 0 Å². The fourth-order valence-electron chi connectivity index (χ4n) is 4.47. The monoisotopic (exact) mass is 487 g/mol. The topological polar surface area (TPSA) is 48.6 Å². The first-order chi connectivity index (χ1) is 17.6. The zero-order chi connectivity index (χ0) is 24.9. The van der Waals surface area contributed by atoms with Crippen LogP contribution in [0.5, 0.6) is 11.5 Å². The van der Waals surface area contributed by atoms with Crippen molar-refractivity contribution in [3.8, 4) is 22.8 Å². The van der Waals surface area contributed by atoms with Crippen molar-refractivity contribution in [3.05, 3.63) is 107 Å². The van der Waals surface area contributed by atoms with Crippen LogP contribution in [0.1, 0.15) is 22.4 Å². The van der Waals surface area contributed by atoms with Crippen LogP contribution < -0.4 is 15.0 Å². The van der Waals surface area contributed by atoms with E-state index in [1.165, 1.54) is 0 Å². The van der Waals surface area contributed by atoms with Crippen LogP contribution in [0.25, 0.3) is 11.3 Å². The van der Waals surface area contributed by atoms with E-state index in [1.807, 2.05) is 73.7 Å². The summed E-state index contributed by atoms with van der Waals surface area (Å²) in [6.45, 7) is 3.04. The maximum atomic E-state index is 12.6. The Morgan fingerprint density at radius 1 is 1.00 bits per heavy atom. The zero-order valence-electron chi connectivity index (χ0n) is 20.0. The van der Waals surface area contributed by atoms with Crippen LogP contribution in [0.2, 0.25) is 0 Å². The summed E-state index contributed by atoms with van der Waals surface area (Å²) in [6.07, 6.45) is 0.00225. The molecule has 0 amide bonds. The molecule has 2 aromatic carbocycles. The van der Waals surface area contributed by atoms with E-state index >= 15 is 0 Å². The van der Waals surface area contributed by atoms with Crippen LogP contribution >= 0.6 is 0 Å². The van der Waals surface area contributed by atoms with E-state index in [1.54, 1.807) is 12.3 Å². The number of aromatic nitrogens is 2. The number of hydrogen-bond donors (Lipinski definition) is 0. The maximum absolute atomic E-state index is 12.6. The fourth-order valence-corrected chi connectivity index (χ4v) is 4.47. The predicted molar refractivity (Wildman–Crippen MR) is 134 cm³/mol. The van der Waals surface area contributed by atoms with Crippen molar-refractivity contribution >= 4 is 0 Å². The first-order valence-electron chi connectivity index (χ1n) is 11.9. The summed E-state index contributed by atoms with van der Waals surface area (Å²) in [5.74, 6) is 1.22. The quantitative estimate of drug-likeness (QED) is 0.319. The Kier molecular flexibility index (Phi) is 7.07. The predicted octanol–water partition coefficient (Wildman–Crippen LogP) is 5.74. The minimum absolute atomic E-state index is 0.443. The normalized spacial score (nSPS) is 12.8. The van der Waals surface area contributed by atoms with Gasteiger partial charge in [0.25, 0.3) is 6.43 Å². The first-order valence-corrected chi connectivity index (χ1v) is 11.9. The van der Waals surface area contributed by atoms with Gasteiger partial charge in [0.2, 0.25) is 0 Å². The lowest BCUT2D eigenvalue weighted by molar-refractivity contribution is 0.0818. The number of alkyl halides is 2. The van der Waals surface area contributed by atoms with Crippen molar-refractivity contribution in [2.45, 2.75) is 39.5 Å². The molecule has 5 rings (SSSR count). The molecule has 0 unspecified atom stereocenters. The molecule has 0 atom stereocenters. The smallest absolute Gasteiger partial charge is 0.272 e. The highest BCUT2D eigenvalue weighted by Gasteiger charge is 2.22. The average Bonchev–Trinajstić information content (AvgIpc) is 2.91. The number of halogens is 2. The summed E-state index contributed by atoms with van der Waals surface area (Å²) in [4.78, 5) is 9.29. The molecular formula is C29H27F2N3O2. The highest BCUT2D eigenvalue weighted by Crippen LogP contribution is 2.36. The number of nitrogens with zero attached hydrogens (tertiary/aromatic N) is 3. The van der Waals surface area contributed by atoms with E-state index in [2.05, 4.69) is 9.55 Å². The van der Waals surface area contributed by atoms with Gasteiger partial charge in [-0.05, 0) is 54.8 Å². The van der Waals surface area contributed by atoms with Gasteiger partial charge < -0.3 is 14.0 Å². The molecular weight excluding hydrogens is 460 g/mol. The van der Waals surface area contributed by atoms with Crippen molar-refractivity contribution in [1.29, 1.82) is 0 Å². The van der Waals surface area contributed by atoms with Crippen molar-refractivity contribution in [1.82, 2.24) is 9.55 Å². The number of fused-ring (bicyclic) bond motifs is 3. The second-order valence-electron chi connectivity index (χ2n) is 8.67. The Labute approximate surface area is 208 Å². The van der Waals surface area contributed by atoms with Crippen LogP contribution in [0, 0.1) is 6.92 Å². The Morgan fingerprint density at radius 2 is 1.83 bits per heavy atom. The van der Waals surface area contributed by atoms with Gasteiger partial charge in [-0.2, -0.15) is 0 Å². The van der Waals surface area contributed by atoms with Gasteiger partial charge in [-0.15, -0.1) is 0 Å². The minimum Gasteiger partial charge on any atom is -0.488 e. The van der Waals surface area contributed by atoms with Crippen LogP contribution in [0.15, 0.2) is 84.0 Å². The third-order valence-electron chi connectivity index (χ3n) is 6.21. The molecule has 1 aliphatic heterocycles. The SMILES string of the molecule is Cc1c(OCc2ccccc2)cc(=NCc2ccccn2)n2c1-c1ccc(OCC(F)F)cc1CC2. The van der Waals surface area contributed by atoms with E-state index < -0.39 is 13.0 Å². The molecule has 0 fully saturated rings. The molecule has 0 N–H and O–H groups in total. The van der Waals surface area contributed by atoms with E-state index in [4.69, 9.17) is 14.5 Å². The van der Waals surface area contributed by atoms with E-state index in [9.17, 15) is 8.78 Å². The van der Waals surface area contributed by atoms with Gasteiger partial charge in [-0.25, -0.2) is 8.78 Å². The molecule has 0 bridgehead atoms. The molecule has 0 aliphatic carbocycles. The molecule has 5 nitrogen and oxygen atoms in total.